The van der Waals surface area contributed by atoms with Crippen molar-refractivity contribution in [2.75, 3.05) is 34.1 Å². The molecule has 0 spiro atoms. The molecule has 0 saturated heterocycles. The van der Waals surface area contributed by atoms with E-state index in [-0.39, 0.29) is 34.3 Å². The minimum Gasteiger partial charge on any atom is -0.507 e. The molecule has 4 heterocycles. The summed E-state index contributed by atoms with van der Waals surface area (Å²) in [5, 5.41) is 17.7. The molecule has 3 N–H and O–H groups in total. The molecule has 0 unspecified atom stereocenters. The third-order valence-corrected chi connectivity index (χ3v) is 9.28. The zero-order chi connectivity index (χ0) is 31.6. The van der Waals surface area contributed by atoms with Crippen LogP contribution in [0.5, 0.6) is 5.75 Å². The Morgan fingerprint density at radius 3 is 2.60 bits per heavy atom. The number of alkyl halides is 1. The Labute approximate surface area is 267 Å². The predicted octanol–water partition coefficient (Wildman–Crippen LogP) is 7.02. The molecular formula is C33H30ClN5O5S. The molecule has 230 valence electrons. The molecule has 0 radical (unpaired) electrons. The van der Waals surface area contributed by atoms with Gasteiger partial charge in [0, 0.05) is 58.3 Å². The van der Waals surface area contributed by atoms with E-state index in [1.807, 2.05) is 42.5 Å². The normalized spacial score (nSPS) is 15.9. The minimum atomic E-state index is -0.656. The quantitative estimate of drug-likeness (QED) is 0.181. The molecule has 2 aliphatic heterocycles. The van der Waals surface area contributed by atoms with Gasteiger partial charge >= 0.3 is 6.09 Å². The van der Waals surface area contributed by atoms with Gasteiger partial charge in [-0.3, -0.25) is 14.9 Å². The maximum Gasteiger partial charge on any atom is 0.413 e. The fourth-order valence-corrected chi connectivity index (χ4v) is 7.21. The van der Waals surface area contributed by atoms with Crippen LogP contribution in [0.25, 0.3) is 21.7 Å². The first-order valence-corrected chi connectivity index (χ1v) is 16.0. The van der Waals surface area contributed by atoms with Crippen LogP contribution in [0.4, 0.5) is 21.3 Å². The number of thiazole rings is 1. The van der Waals surface area contributed by atoms with Crippen molar-refractivity contribution in [1.29, 1.82) is 0 Å². The van der Waals surface area contributed by atoms with Crippen molar-refractivity contribution in [3.05, 3.63) is 76.4 Å². The highest BCUT2D eigenvalue weighted by atomic mass is 35.5. The second kappa shape index (κ2) is 10.8. The van der Waals surface area contributed by atoms with Crippen molar-refractivity contribution in [2.45, 2.75) is 38.7 Å². The van der Waals surface area contributed by atoms with Gasteiger partial charge in [-0.1, -0.05) is 24.3 Å². The lowest BCUT2D eigenvalue weighted by Crippen LogP contribution is -2.30. The highest BCUT2D eigenvalue weighted by Gasteiger charge is 2.36. The Hall–Kier alpha value is -4.61. The van der Waals surface area contributed by atoms with Gasteiger partial charge in [0.05, 0.1) is 5.69 Å². The van der Waals surface area contributed by atoms with E-state index in [4.69, 9.17) is 16.3 Å². The van der Waals surface area contributed by atoms with E-state index in [0.717, 1.165) is 49.8 Å². The molecule has 1 atom stereocenters. The van der Waals surface area contributed by atoms with E-state index in [2.05, 4.69) is 15.3 Å². The van der Waals surface area contributed by atoms with Crippen LogP contribution in [-0.2, 0) is 11.2 Å². The molecule has 45 heavy (non-hydrogen) atoms. The molecule has 2 aliphatic rings. The summed E-state index contributed by atoms with van der Waals surface area (Å²) < 4.78 is 5.27. The Kier molecular flexibility index (Phi) is 6.97. The number of H-pyrrole nitrogens is 1. The summed E-state index contributed by atoms with van der Waals surface area (Å²) in [6.45, 7) is 6.16. The molecule has 3 amide bonds. The average molecular weight is 644 g/mol. The smallest absolute Gasteiger partial charge is 0.413 e. The number of halogens is 1. The highest BCUT2D eigenvalue weighted by Crippen LogP contribution is 2.46. The van der Waals surface area contributed by atoms with E-state index < -0.39 is 11.7 Å². The van der Waals surface area contributed by atoms with Crippen molar-refractivity contribution in [2.24, 2.45) is 0 Å². The number of fused-ring (bicyclic) bond motifs is 6. The van der Waals surface area contributed by atoms with E-state index in [1.54, 1.807) is 42.0 Å². The number of ether oxygens (including phenoxy) is 1. The number of hydrogen-bond donors (Lipinski definition) is 3. The number of phenols is 1. The number of amides is 3. The summed E-state index contributed by atoms with van der Waals surface area (Å²) >= 11 is 7.53. The van der Waals surface area contributed by atoms with Crippen LogP contribution in [-0.4, -0.2) is 57.6 Å². The maximum atomic E-state index is 14.0. The molecule has 0 fully saturated rings. The van der Waals surface area contributed by atoms with Gasteiger partial charge in [0.2, 0.25) is 0 Å². The van der Waals surface area contributed by atoms with Gasteiger partial charge < -0.3 is 24.6 Å². The van der Waals surface area contributed by atoms with Crippen LogP contribution in [0.15, 0.2) is 53.9 Å². The predicted molar refractivity (Wildman–Crippen MR) is 176 cm³/mol. The van der Waals surface area contributed by atoms with Crippen molar-refractivity contribution < 1.29 is 24.2 Å². The average Bonchev–Trinajstić information content (AvgIpc) is 3.79. The number of carbonyl (C=O) groups is 3. The van der Waals surface area contributed by atoms with E-state index in [0.29, 0.717) is 36.8 Å². The number of phenolic OH excluding ortho intramolecular Hbond substituents is 1. The van der Waals surface area contributed by atoms with E-state index in [9.17, 15) is 19.5 Å². The summed E-state index contributed by atoms with van der Waals surface area (Å²) in [5.74, 6) is -0.116. The van der Waals surface area contributed by atoms with Gasteiger partial charge in [-0.15, -0.1) is 22.9 Å². The number of carbonyl (C=O) groups excluding carboxylic acids is 3. The number of hydrogen-bond acceptors (Lipinski definition) is 7. The number of benzene rings is 3. The van der Waals surface area contributed by atoms with Gasteiger partial charge in [0.1, 0.15) is 22.7 Å². The Balaban J connectivity index is 1.15. The van der Waals surface area contributed by atoms with Gasteiger partial charge in [-0.05, 0) is 61.9 Å². The zero-order valence-corrected chi connectivity index (χ0v) is 26.4. The summed E-state index contributed by atoms with van der Waals surface area (Å²) in [7, 11) is 0. The maximum absolute atomic E-state index is 14.0. The lowest BCUT2D eigenvalue weighted by molar-refractivity contribution is 0.0635. The SMILES string of the molecule is CC(C)(C)OC(=O)Nc1nc(C(=O)N2CCc3c2ccc2[nH]c(C(=O)N4C[C@@H](CCl)c5c4cc(O)c4ccccc54)cc32)cs1. The Morgan fingerprint density at radius 2 is 1.84 bits per heavy atom. The van der Waals surface area contributed by atoms with Crippen LogP contribution in [0.1, 0.15) is 58.8 Å². The summed E-state index contributed by atoms with van der Waals surface area (Å²) in [6, 6.07) is 14.8. The van der Waals surface area contributed by atoms with Crippen molar-refractivity contribution in [3.63, 3.8) is 0 Å². The van der Waals surface area contributed by atoms with Gasteiger partial charge in [0.15, 0.2) is 5.13 Å². The molecular weight excluding hydrogens is 614 g/mol. The Morgan fingerprint density at radius 1 is 1.07 bits per heavy atom. The number of rotatable bonds is 4. The topological polar surface area (TPSA) is 128 Å². The van der Waals surface area contributed by atoms with Gasteiger partial charge in [-0.2, -0.15) is 0 Å². The summed E-state index contributed by atoms with van der Waals surface area (Å²) in [4.78, 5) is 50.5. The fraction of sp³-hybridized carbons (Fsp3) is 0.273. The number of nitrogens with zero attached hydrogens (tertiary/aromatic N) is 3. The number of aromatic nitrogens is 2. The summed E-state index contributed by atoms with van der Waals surface area (Å²) in [6.07, 6.45) is -0.0269. The molecule has 2 aromatic heterocycles. The number of aromatic hydroxyl groups is 1. The lowest BCUT2D eigenvalue weighted by Gasteiger charge is -2.19. The lowest BCUT2D eigenvalue weighted by atomic mass is 9.95. The number of anilines is 3. The van der Waals surface area contributed by atoms with Crippen LogP contribution in [0.2, 0.25) is 0 Å². The standard InChI is InChI=1S/C33H30ClN5O5S/c1-33(2,3)44-32(43)37-31-36-24(16-45-31)30(42)38-11-10-18-21-12-23(35-22(21)8-9-25(18)38)29(41)39-15-17(14-34)28-20-7-5-4-6-19(20)27(40)13-26(28)39/h4-9,12-13,16-17,35,40H,10-11,14-15H2,1-3H3,(H,36,37,43)/t17-/m1/s1. The molecule has 10 nitrogen and oxygen atoms in total. The second-order valence-corrected chi connectivity index (χ2v) is 13.4. The first-order chi connectivity index (χ1) is 21.5. The largest absolute Gasteiger partial charge is 0.507 e. The van der Waals surface area contributed by atoms with Gasteiger partial charge in [-0.25, -0.2) is 9.78 Å². The molecule has 0 aliphatic carbocycles. The highest BCUT2D eigenvalue weighted by molar-refractivity contribution is 7.14. The monoisotopic (exact) mass is 643 g/mol. The molecule has 5 aromatic rings. The molecule has 0 saturated carbocycles. The van der Waals surface area contributed by atoms with Crippen molar-refractivity contribution >= 4 is 79.0 Å². The zero-order valence-electron chi connectivity index (χ0n) is 24.8. The minimum absolute atomic E-state index is 0.0742. The number of aromatic amines is 1. The molecule has 12 heteroatoms. The van der Waals surface area contributed by atoms with Crippen molar-refractivity contribution in [3.8, 4) is 5.75 Å². The fourth-order valence-electron chi connectivity index (χ4n) is 6.29. The third kappa shape index (κ3) is 5.05. The third-order valence-electron chi connectivity index (χ3n) is 8.15. The van der Waals surface area contributed by atoms with Crippen LogP contribution < -0.4 is 15.1 Å². The molecule has 0 bridgehead atoms. The van der Waals surface area contributed by atoms with Crippen molar-refractivity contribution in [1.82, 2.24) is 9.97 Å². The van der Waals surface area contributed by atoms with Gasteiger partial charge in [0.25, 0.3) is 11.8 Å². The van der Waals surface area contributed by atoms with E-state index in [1.165, 1.54) is 0 Å². The van der Waals surface area contributed by atoms with Crippen LogP contribution >= 0.6 is 22.9 Å². The first-order valence-electron chi connectivity index (χ1n) is 14.6. The second-order valence-electron chi connectivity index (χ2n) is 12.2. The van der Waals surface area contributed by atoms with Crippen LogP contribution in [0.3, 0.4) is 0 Å². The number of nitrogens with one attached hydrogen (secondary N) is 2. The van der Waals surface area contributed by atoms with E-state index >= 15 is 0 Å². The molecule has 3 aromatic carbocycles. The first kappa shape index (κ1) is 29.1. The molecule has 7 rings (SSSR count). The summed E-state index contributed by atoms with van der Waals surface area (Å²) in [5.41, 5.74) is 4.11. The van der Waals surface area contributed by atoms with Crippen LogP contribution in [0, 0.1) is 0 Å². The Bertz CT molecular complexity index is 2030.